The van der Waals surface area contributed by atoms with Gasteiger partial charge in [0.05, 0.1) is 21.3 Å². The molecule has 1 aliphatic heterocycles. The lowest BCUT2D eigenvalue weighted by Gasteiger charge is -2.40. The van der Waals surface area contributed by atoms with Gasteiger partial charge in [0.2, 0.25) is 0 Å². The molecule has 0 aromatic heterocycles. The Bertz CT molecular complexity index is 1380. The summed E-state index contributed by atoms with van der Waals surface area (Å²) in [6.07, 6.45) is -1.75. The Morgan fingerprint density at radius 2 is 1.62 bits per heavy atom. The minimum atomic E-state index is -4.77. The van der Waals surface area contributed by atoms with E-state index < -0.39 is 12.0 Å². The van der Waals surface area contributed by atoms with Crippen molar-refractivity contribution in [2.24, 2.45) is 5.92 Å². The number of hydrogen-bond acceptors (Lipinski definition) is 7. The second kappa shape index (κ2) is 14.0. The predicted octanol–water partition coefficient (Wildman–Crippen LogP) is 7.76. The normalized spacial score (nSPS) is 19.5. The van der Waals surface area contributed by atoms with Crippen molar-refractivity contribution in [1.29, 1.82) is 0 Å². The van der Waals surface area contributed by atoms with Crippen LogP contribution >= 0.6 is 0 Å². The second-order valence-electron chi connectivity index (χ2n) is 12.3. The topological polar surface area (TPSA) is 69.7 Å². The molecule has 45 heavy (non-hydrogen) atoms. The Kier molecular flexibility index (Phi) is 10.5. The highest BCUT2D eigenvalue weighted by Crippen LogP contribution is 2.41. The maximum atomic E-state index is 12.8. The number of allylic oxidation sites excluding steroid dienone is 2. The van der Waals surface area contributed by atoms with Crippen LogP contribution in [0.1, 0.15) is 57.6 Å². The van der Waals surface area contributed by atoms with Crippen molar-refractivity contribution in [1.82, 2.24) is 4.90 Å². The van der Waals surface area contributed by atoms with Gasteiger partial charge >= 0.3 is 12.5 Å². The van der Waals surface area contributed by atoms with Gasteiger partial charge in [-0.1, -0.05) is 31.2 Å². The molecule has 2 aromatic carbocycles. The van der Waals surface area contributed by atoms with Crippen LogP contribution in [0.3, 0.4) is 0 Å². The van der Waals surface area contributed by atoms with Crippen LogP contribution in [-0.2, 0) is 25.5 Å². The molecule has 0 radical (unpaired) electrons. The molecule has 0 N–H and O–H groups in total. The molecule has 246 valence electrons. The first-order valence-corrected chi connectivity index (χ1v) is 15.0. The molecule has 1 fully saturated rings. The van der Waals surface area contributed by atoms with Gasteiger partial charge in [-0.05, 0) is 75.1 Å². The van der Waals surface area contributed by atoms with E-state index in [-0.39, 0.29) is 29.7 Å². The van der Waals surface area contributed by atoms with Gasteiger partial charge in [0, 0.05) is 43.2 Å². The van der Waals surface area contributed by atoms with E-state index in [1.165, 1.54) is 12.1 Å². The van der Waals surface area contributed by atoms with Crippen molar-refractivity contribution < 1.29 is 41.7 Å². The van der Waals surface area contributed by atoms with Crippen LogP contribution in [0.4, 0.5) is 23.7 Å². The first-order chi connectivity index (χ1) is 21.2. The zero-order valence-corrected chi connectivity index (χ0v) is 26.9. The largest absolute Gasteiger partial charge is 0.573 e. The molecule has 1 heterocycles. The Morgan fingerprint density at radius 3 is 2.18 bits per heavy atom. The monoisotopic (exact) mass is 632 g/mol. The van der Waals surface area contributed by atoms with Gasteiger partial charge in [-0.3, -0.25) is 0 Å². The summed E-state index contributed by atoms with van der Waals surface area (Å²) >= 11 is 0. The van der Waals surface area contributed by atoms with Gasteiger partial charge in [0.25, 0.3) is 0 Å². The highest BCUT2D eigenvalue weighted by Gasteiger charge is 2.34. The molecule has 1 aliphatic carbocycles. The molecule has 0 saturated carbocycles. The van der Waals surface area contributed by atoms with Gasteiger partial charge < -0.3 is 33.5 Å². The first kappa shape index (κ1) is 33.9. The summed E-state index contributed by atoms with van der Waals surface area (Å²) in [7, 11) is 4.80. The van der Waals surface area contributed by atoms with Crippen LogP contribution in [0.25, 0.3) is 0 Å². The third-order valence-corrected chi connectivity index (χ3v) is 8.02. The fourth-order valence-electron chi connectivity index (χ4n) is 5.95. The SMILES string of the molecule is COC1=CC(c2cccc(CN(c3ccc(OC(F)(F)F)cc3)C3CCN(C(=O)OC(C)(C)C)CC3)c2)C(C)C(OC)=C1OC. The van der Waals surface area contributed by atoms with Gasteiger partial charge in [-0.15, -0.1) is 13.2 Å². The molecule has 11 heteroatoms. The van der Waals surface area contributed by atoms with Crippen molar-refractivity contribution in [3.05, 3.63) is 83.0 Å². The molecule has 1 amide bonds. The van der Waals surface area contributed by atoms with E-state index in [0.717, 1.165) is 16.8 Å². The zero-order valence-electron chi connectivity index (χ0n) is 26.9. The van der Waals surface area contributed by atoms with Crippen LogP contribution < -0.4 is 9.64 Å². The summed E-state index contributed by atoms with van der Waals surface area (Å²) < 4.78 is 65.1. The van der Waals surface area contributed by atoms with Gasteiger partial charge in [0.1, 0.15) is 17.1 Å². The number of methoxy groups -OCH3 is 3. The Hall–Kier alpha value is -4.02. The standard InChI is InChI=1S/C34H43F3N2O6/c1-22-28(20-29(41-5)31(43-7)30(22)42-6)24-10-8-9-23(19-24)21-39(25-11-13-27(14-12-25)44-34(35,36)37)26-15-17-38(18-16-26)32(40)45-33(2,3)4/h8-14,19-20,22,26,28H,15-18,21H2,1-7H3. The number of hydrogen-bond donors (Lipinski definition) is 0. The van der Waals surface area contributed by atoms with Crippen LogP contribution in [0, 0.1) is 5.92 Å². The number of halogens is 3. The van der Waals surface area contributed by atoms with Crippen LogP contribution in [0.15, 0.2) is 71.9 Å². The van der Waals surface area contributed by atoms with Crippen LogP contribution in [0.2, 0.25) is 0 Å². The van der Waals surface area contributed by atoms with Crippen molar-refractivity contribution >= 4 is 11.8 Å². The van der Waals surface area contributed by atoms with Crippen molar-refractivity contribution in [3.63, 3.8) is 0 Å². The number of anilines is 1. The second-order valence-corrected chi connectivity index (χ2v) is 12.3. The lowest BCUT2D eigenvalue weighted by Crippen LogP contribution is -2.48. The molecular formula is C34H43F3N2O6. The summed E-state index contributed by atoms with van der Waals surface area (Å²) in [5.74, 6) is 1.53. The van der Waals surface area contributed by atoms with E-state index >= 15 is 0 Å². The molecular weight excluding hydrogens is 589 g/mol. The lowest BCUT2D eigenvalue weighted by atomic mass is 9.81. The number of benzene rings is 2. The van der Waals surface area contributed by atoms with E-state index in [2.05, 4.69) is 28.7 Å². The van der Waals surface area contributed by atoms with Crippen LogP contribution in [0.5, 0.6) is 5.75 Å². The Morgan fingerprint density at radius 1 is 0.956 bits per heavy atom. The average Bonchev–Trinajstić information content (AvgIpc) is 2.98. The van der Waals surface area contributed by atoms with Crippen molar-refractivity contribution in [2.45, 2.75) is 71.0 Å². The summed E-state index contributed by atoms with van der Waals surface area (Å²) in [5, 5.41) is 0. The first-order valence-electron chi connectivity index (χ1n) is 15.0. The van der Waals surface area contributed by atoms with E-state index in [0.29, 0.717) is 49.8 Å². The number of carbonyl (C=O) groups is 1. The molecule has 0 bridgehead atoms. The van der Waals surface area contributed by atoms with Gasteiger partial charge in [-0.2, -0.15) is 0 Å². The third-order valence-electron chi connectivity index (χ3n) is 8.02. The molecule has 1 saturated heterocycles. The summed E-state index contributed by atoms with van der Waals surface area (Å²) in [4.78, 5) is 16.6. The van der Waals surface area contributed by atoms with E-state index in [9.17, 15) is 18.0 Å². The number of alkyl halides is 3. The van der Waals surface area contributed by atoms with Gasteiger partial charge in [-0.25, -0.2) is 4.79 Å². The minimum absolute atomic E-state index is 0.0199. The number of likely N-dealkylation sites (tertiary alicyclic amines) is 1. The van der Waals surface area contributed by atoms with E-state index in [4.69, 9.17) is 18.9 Å². The van der Waals surface area contributed by atoms with E-state index in [1.807, 2.05) is 39.0 Å². The van der Waals surface area contributed by atoms with Crippen molar-refractivity contribution in [2.75, 3.05) is 39.3 Å². The van der Waals surface area contributed by atoms with Crippen molar-refractivity contribution in [3.8, 4) is 5.75 Å². The minimum Gasteiger partial charge on any atom is -0.497 e. The fraction of sp³-hybridized carbons (Fsp3) is 0.500. The quantitative estimate of drug-likeness (QED) is 0.280. The third kappa shape index (κ3) is 8.58. The highest BCUT2D eigenvalue weighted by molar-refractivity contribution is 5.68. The number of rotatable bonds is 9. The maximum Gasteiger partial charge on any atom is 0.573 e. The molecule has 2 unspecified atom stereocenters. The van der Waals surface area contributed by atoms with E-state index in [1.54, 1.807) is 38.4 Å². The summed E-state index contributed by atoms with van der Waals surface area (Å²) in [6.45, 7) is 9.09. The molecule has 4 rings (SSSR count). The van der Waals surface area contributed by atoms with Crippen LogP contribution in [-0.4, -0.2) is 63.4 Å². The molecule has 2 aromatic rings. The molecule has 2 atom stereocenters. The Labute approximate surface area is 263 Å². The average molecular weight is 633 g/mol. The maximum absolute atomic E-state index is 12.8. The summed E-state index contributed by atoms with van der Waals surface area (Å²) in [5.41, 5.74) is 2.25. The van der Waals surface area contributed by atoms with Gasteiger partial charge in [0.15, 0.2) is 11.5 Å². The molecule has 8 nitrogen and oxygen atoms in total. The zero-order chi connectivity index (χ0) is 32.9. The predicted molar refractivity (Wildman–Crippen MR) is 165 cm³/mol. The lowest BCUT2D eigenvalue weighted by molar-refractivity contribution is -0.274. The number of amides is 1. The molecule has 0 spiro atoms. The summed E-state index contributed by atoms with van der Waals surface area (Å²) in [6, 6.07) is 14.2. The number of nitrogens with zero attached hydrogens (tertiary/aromatic N) is 2. The fourth-order valence-corrected chi connectivity index (χ4v) is 5.95. The number of carbonyl (C=O) groups excluding carboxylic acids is 1. The number of ether oxygens (including phenoxy) is 5. The molecule has 2 aliphatic rings. The Balaban J connectivity index is 1.60. The smallest absolute Gasteiger partial charge is 0.497 e. The number of piperidine rings is 1. The highest BCUT2D eigenvalue weighted by atomic mass is 19.4.